The molecule has 0 aliphatic carbocycles. The first-order valence-corrected chi connectivity index (χ1v) is 6.21. The normalized spacial score (nSPS) is 10.9. The van der Waals surface area contributed by atoms with Gasteiger partial charge >= 0.3 is 5.63 Å². The van der Waals surface area contributed by atoms with Crippen LogP contribution < -0.4 is 10.4 Å². The SMILES string of the molecule is COc1ccc2oc(=O)c(-c3cc(C)n(C)n3)cc2c1. The van der Waals surface area contributed by atoms with Gasteiger partial charge in [-0.25, -0.2) is 4.79 Å². The van der Waals surface area contributed by atoms with E-state index in [0.29, 0.717) is 16.8 Å². The van der Waals surface area contributed by atoms with Crippen molar-refractivity contribution in [3.63, 3.8) is 0 Å². The van der Waals surface area contributed by atoms with Crippen molar-refractivity contribution in [1.29, 1.82) is 0 Å². The van der Waals surface area contributed by atoms with Crippen molar-refractivity contribution in [2.75, 3.05) is 7.11 Å². The van der Waals surface area contributed by atoms with Crippen LogP contribution in [0.1, 0.15) is 5.69 Å². The number of aryl methyl sites for hydroxylation is 2. The number of rotatable bonds is 2. The summed E-state index contributed by atoms with van der Waals surface area (Å²) in [6, 6.07) is 8.96. The fourth-order valence-corrected chi connectivity index (χ4v) is 2.10. The molecule has 1 aromatic carbocycles. The predicted molar refractivity (Wildman–Crippen MR) is 76.0 cm³/mol. The van der Waals surface area contributed by atoms with Crippen LogP contribution in [0.5, 0.6) is 5.75 Å². The first-order chi connectivity index (χ1) is 9.58. The van der Waals surface area contributed by atoms with Gasteiger partial charge in [-0.1, -0.05) is 0 Å². The molecule has 0 radical (unpaired) electrons. The average Bonchev–Trinajstić information content (AvgIpc) is 2.77. The lowest BCUT2D eigenvalue weighted by molar-refractivity contribution is 0.415. The molecule has 0 amide bonds. The summed E-state index contributed by atoms with van der Waals surface area (Å²) in [5, 5.41) is 5.12. The van der Waals surface area contributed by atoms with Crippen molar-refractivity contribution in [3.05, 3.63) is 46.4 Å². The Kier molecular flexibility index (Phi) is 2.82. The van der Waals surface area contributed by atoms with Gasteiger partial charge in [0.2, 0.25) is 0 Å². The molecule has 5 heteroatoms. The Hall–Kier alpha value is -2.56. The molecule has 3 rings (SSSR count). The second-order valence-corrected chi connectivity index (χ2v) is 4.65. The number of aromatic nitrogens is 2. The minimum atomic E-state index is -0.388. The zero-order valence-electron chi connectivity index (χ0n) is 11.5. The molecule has 5 nitrogen and oxygen atoms in total. The quantitative estimate of drug-likeness (QED) is 0.671. The predicted octanol–water partition coefficient (Wildman–Crippen LogP) is 2.51. The highest BCUT2D eigenvalue weighted by Crippen LogP contribution is 2.24. The highest BCUT2D eigenvalue weighted by atomic mass is 16.5. The maximum Gasteiger partial charge on any atom is 0.345 e. The van der Waals surface area contributed by atoms with Gasteiger partial charge in [-0.3, -0.25) is 4.68 Å². The van der Waals surface area contributed by atoms with Gasteiger partial charge in [0.15, 0.2) is 0 Å². The van der Waals surface area contributed by atoms with Crippen molar-refractivity contribution < 1.29 is 9.15 Å². The Labute approximate surface area is 115 Å². The minimum absolute atomic E-state index is 0.388. The molecule has 0 fully saturated rings. The van der Waals surface area contributed by atoms with E-state index in [1.54, 1.807) is 30.0 Å². The van der Waals surface area contributed by atoms with Crippen molar-refractivity contribution in [2.45, 2.75) is 6.92 Å². The molecule has 2 heterocycles. The molecule has 0 aliphatic rings. The lowest BCUT2D eigenvalue weighted by Gasteiger charge is -2.02. The van der Waals surface area contributed by atoms with Gasteiger partial charge in [-0.2, -0.15) is 5.10 Å². The molecule has 0 saturated heterocycles. The molecule has 2 aromatic heterocycles. The summed E-state index contributed by atoms with van der Waals surface area (Å²) in [7, 11) is 3.44. The summed E-state index contributed by atoms with van der Waals surface area (Å²) < 4.78 is 12.2. The summed E-state index contributed by atoms with van der Waals surface area (Å²) in [5.41, 5.74) is 2.19. The number of ether oxygens (including phenoxy) is 1. The van der Waals surface area contributed by atoms with Gasteiger partial charge in [0, 0.05) is 18.1 Å². The molecule has 0 atom stereocenters. The lowest BCUT2D eigenvalue weighted by Crippen LogP contribution is -2.03. The highest BCUT2D eigenvalue weighted by molar-refractivity contribution is 5.82. The van der Waals surface area contributed by atoms with Crippen LogP contribution >= 0.6 is 0 Å². The molecule has 0 unspecified atom stereocenters. The Morgan fingerprint density at radius 1 is 1.25 bits per heavy atom. The third kappa shape index (κ3) is 1.97. The van der Waals surface area contributed by atoms with Gasteiger partial charge in [-0.15, -0.1) is 0 Å². The van der Waals surface area contributed by atoms with E-state index in [9.17, 15) is 4.79 Å². The van der Waals surface area contributed by atoms with E-state index in [2.05, 4.69) is 5.10 Å². The Balaban J connectivity index is 2.25. The van der Waals surface area contributed by atoms with Crippen molar-refractivity contribution in [2.24, 2.45) is 7.05 Å². The Bertz CT molecular complexity index is 826. The largest absolute Gasteiger partial charge is 0.497 e. The van der Waals surface area contributed by atoms with E-state index in [-0.39, 0.29) is 5.63 Å². The fraction of sp³-hybridized carbons (Fsp3) is 0.200. The van der Waals surface area contributed by atoms with E-state index in [0.717, 1.165) is 16.8 Å². The third-order valence-electron chi connectivity index (χ3n) is 3.33. The van der Waals surface area contributed by atoms with Gasteiger partial charge < -0.3 is 9.15 Å². The van der Waals surface area contributed by atoms with E-state index in [1.165, 1.54) is 0 Å². The molecule has 0 aliphatic heterocycles. The number of fused-ring (bicyclic) bond motifs is 1. The van der Waals surface area contributed by atoms with Crippen LogP contribution in [0.3, 0.4) is 0 Å². The fourth-order valence-electron chi connectivity index (χ4n) is 2.10. The zero-order valence-corrected chi connectivity index (χ0v) is 11.5. The summed E-state index contributed by atoms with van der Waals surface area (Å²) in [5.74, 6) is 0.717. The standard InChI is InChI=1S/C15H14N2O3/c1-9-6-13(16-17(9)2)12-8-10-7-11(19-3)4-5-14(10)20-15(12)18/h4-8H,1-3H3. The van der Waals surface area contributed by atoms with Crippen LogP contribution in [0.25, 0.3) is 22.2 Å². The molecule has 0 bridgehead atoms. The Morgan fingerprint density at radius 2 is 2.05 bits per heavy atom. The second-order valence-electron chi connectivity index (χ2n) is 4.65. The summed E-state index contributed by atoms with van der Waals surface area (Å²) >= 11 is 0. The molecular formula is C15H14N2O3. The summed E-state index contributed by atoms with van der Waals surface area (Å²) in [6.45, 7) is 1.93. The number of nitrogens with zero attached hydrogens (tertiary/aromatic N) is 2. The third-order valence-corrected chi connectivity index (χ3v) is 3.33. The van der Waals surface area contributed by atoms with Crippen LogP contribution in [-0.2, 0) is 7.05 Å². The van der Waals surface area contributed by atoms with Crippen LogP contribution in [0.2, 0.25) is 0 Å². The monoisotopic (exact) mass is 270 g/mol. The van der Waals surface area contributed by atoms with Gasteiger partial charge in [-0.05, 0) is 37.3 Å². The van der Waals surface area contributed by atoms with Crippen LogP contribution in [-0.4, -0.2) is 16.9 Å². The highest BCUT2D eigenvalue weighted by Gasteiger charge is 2.12. The van der Waals surface area contributed by atoms with Crippen molar-refractivity contribution in [1.82, 2.24) is 9.78 Å². The van der Waals surface area contributed by atoms with E-state index >= 15 is 0 Å². The molecule has 0 saturated carbocycles. The average molecular weight is 270 g/mol. The van der Waals surface area contributed by atoms with Crippen molar-refractivity contribution >= 4 is 11.0 Å². The molecule has 0 spiro atoms. The van der Waals surface area contributed by atoms with Gasteiger partial charge in [0.25, 0.3) is 0 Å². The minimum Gasteiger partial charge on any atom is -0.497 e. The molecule has 0 N–H and O–H groups in total. The number of benzene rings is 1. The first kappa shape index (κ1) is 12.5. The van der Waals surface area contributed by atoms with E-state index in [4.69, 9.17) is 9.15 Å². The first-order valence-electron chi connectivity index (χ1n) is 6.21. The Morgan fingerprint density at radius 3 is 2.70 bits per heavy atom. The molecular weight excluding hydrogens is 256 g/mol. The van der Waals surface area contributed by atoms with Crippen LogP contribution in [0.4, 0.5) is 0 Å². The molecule has 102 valence electrons. The summed E-state index contributed by atoms with van der Waals surface area (Å²) in [6.07, 6.45) is 0. The molecule has 3 aromatic rings. The summed E-state index contributed by atoms with van der Waals surface area (Å²) in [4.78, 5) is 12.1. The number of hydrogen-bond acceptors (Lipinski definition) is 4. The number of methoxy groups -OCH3 is 1. The number of hydrogen-bond donors (Lipinski definition) is 0. The van der Waals surface area contributed by atoms with Crippen molar-refractivity contribution in [3.8, 4) is 17.0 Å². The maximum atomic E-state index is 12.1. The van der Waals surface area contributed by atoms with Gasteiger partial charge in [0.1, 0.15) is 11.3 Å². The zero-order chi connectivity index (χ0) is 14.3. The second kappa shape index (κ2) is 4.52. The van der Waals surface area contributed by atoms with Gasteiger partial charge in [0.05, 0.1) is 18.4 Å². The van der Waals surface area contributed by atoms with Crippen LogP contribution in [0.15, 0.2) is 39.5 Å². The smallest absolute Gasteiger partial charge is 0.345 e. The molecule has 20 heavy (non-hydrogen) atoms. The topological polar surface area (TPSA) is 57.3 Å². The van der Waals surface area contributed by atoms with E-state index in [1.807, 2.05) is 26.1 Å². The van der Waals surface area contributed by atoms with Crippen LogP contribution in [0, 0.1) is 6.92 Å². The lowest BCUT2D eigenvalue weighted by atomic mass is 10.1. The van der Waals surface area contributed by atoms with E-state index < -0.39 is 0 Å². The maximum absolute atomic E-state index is 12.1.